The fraction of sp³-hybridized carbons (Fsp3) is 0.353. The highest BCUT2D eigenvalue weighted by Crippen LogP contribution is 2.21. The van der Waals surface area contributed by atoms with Crippen molar-refractivity contribution in [2.75, 3.05) is 5.32 Å². The molecule has 0 saturated carbocycles. The Morgan fingerprint density at radius 3 is 2.42 bits per heavy atom. The number of rotatable bonds is 6. The lowest BCUT2D eigenvalue weighted by atomic mass is 10.2. The fourth-order valence-corrected chi connectivity index (χ4v) is 3.62. The Morgan fingerprint density at radius 1 is 1.17 bits per heavy atom. The van der Waals surface area contributed by atoms with Gasteiger partial charge >= 0.3 is 0 Å². The van der Waals surface area contributed by atoms with Crippen LogP contribution in [0.4, 0.5) is 5.69 Å². The molecular formula is C17H22N2O4S. The minimum absolute atomic E-state index is 0.117. The normalized spacial score (nSPS) is 11.5. The van der Waals surface area contributed by atoms with Crippen molar-refractivity contribution in [2.45, 2.75) is 45.6 Å². The number of nitrogens with one attached hydrogen (secondary N) is 2. The Bertz CT molecular complexity index is 853. The van der Waals surface area contributed by atoms with Crippen LogP contribution in [0.3, 0.4) is 0 Å². The zero-order valence-corrected chi connectivity index (χ0v) is 15.1. The molecule has 2 N–H and O–H groups in total. The molecule has 6 nitrogen and oxygen atoms in total. The lowest BCUT2D eigenvalue weighted by Crippen LogP contribution is -2.24. The summed E-state index contributed by atoms with van der Waals surface area (Å²) in [4.78, 5) is 11.6. The first-order valence-electron chi connectivity index (χ1n) is 7.69. The maximum absolute atomic E-state index is 12.5. The van der Waals surface area contributed by atoms with E-state index >= 15 is 0 Å². The molecule has 1 heterocycles. The van der Waals surface area contributed by atoms with Crippen LogP contribution < -0.4 is 10.0 Å². The summed E-state index contributed by atoms with van der Waals surface area (Å²) in [5, 5.41) is 2.71. The first-order valence-corrected chi connectivity index (χ1v) is 9.17. The van der Waals surface area contributed by atoms with Crippen molar-refractivity contribution in [1.29, 1.82) is 0 Å². The van der Waals surface area contributed by atoms with E-state index in [0.717, 1.165) is 11.3 Å². The third kappa shape index (κ3) is 4.24. The van der Waals surface area contributed by atoms with Crippen LogP contribution in [0, 0.1) is 20.8 Å². The average molecular weight is 350 g/mol. The van der Waals surface area contributed by atoms with Crippen molar-refractivity contribution in [3.8, 4) is 0 Å². The second-order valence-corrected chi connectivity index (χ2v) is 7.38. The molecule has 2 aromatic rings. The minimum Gasteiger partial charge on any atom is -0.466 e. The molecule has 0 atom stereocenters. The molecule has 0 saturated heterocycles. The van der Waals surface area contributed by atoms with Gasteiger partial charge in [0.05, 0.1) is 4.90 Å². The molecule has 1 aromatic heterocycles. The van der Waals surface area contributed by atoms with E-state index in [0.29, 0.717) is 23.4 Å². The Labute approximate surface area is 142 Å². The second kappa shape index (κ2) is 7.19. The van der Waals surface area contributed by atoms with Crippen LogP contribution in [0.25, 0.3) is 0 Å². The first kappa shape index (κ1) is 18.2. The summed E-state index contributed by atoms with van der Waals surface area (Å²) in [6.07, 6.45) is 0.365. The van der Waals surface area contributed by atoms with Gasteiger partial charge in [-0.05, 0) is 50.6 Å². The predicted molar refractivity (Wildman–Crippen MR) is 92.3 cm³/mol. The summed E-state index contributed by atoms with van der Waals surface area (Å²) in [5.41, 5.74) is 1.96. The number of sulfonamides is 1. The van der Waals surface area contributed by atoms with Crippen LogP contribution in [0.5, 0.6) is 0 Å². The SMILES string of the molecule is CCC(=O)Nc1ccc(S(=O)(=O)NCc2cc(C)oc2C)c(C)c1. The molecule has 1 aromatic carbocycles. The third-order valence-electron chi connectivity index (χ3n) is 3.67. The summed E-state index contributed by atoms with van der Waals surface area (Å²) in [7, 11) is -3.65. The summed E-state index contributed by atoms with van der Waals surface area (Å²) < 4.78 is 33.0. The van der Waals surface area contributed by atoms with Gasteiger partial charge in [-0.2, -0.15) is 0 Å². The Hall–Kier alpha value is -2.12. The molecule has 7 heteroatoms. The van der Waals surface area contributed by atoms with Crippen LogP contribution in [0.1, 0.15) is 36.0 Å². The topological polar surface area (TPSA) is 88.4 Å². The van der Waals surface area contributed by atoms with Gasteiger partial charge in [0.2, 0.25) is 15.9 Å². The largest absolute Gasteiger partial charge is 0.466 e. The smallest absolute Gasteiger partial charge is 0.241 e. The van der Waals surface area contributed by atoms with Crippen molar-refractivity contribution < 1.29 is 17.6 Å². The van der Waals surface area contributed by atoms with E-state index in [2.05, 4.69) is 10.0 Å². The van der Waals surface area contributed by atoms with Gasteiger partial charge in [-0.25, -0.2) is 13.1 Å². The number of aryl methyl sites for hydroxylation is 3. The van der Waals surface area contributed by atoms with Crippen LogP contribution in [-0.2, 0) is 21.4 Å². The number of hydrogen-bond donors (Lipinski definition) is 2. The van der Waals surface area contributed by atoms with E-state index in [-0.39, 0.29) is 17.3 Å². The highest BCUT2D eigenvalue weighted by atomic mass is 32.2. The van der Waals surface area contributed by atoms with Crippen LogP contribution in [-0.4, -0.2) is 14.3 Å². The lowest BCUT2D eigenvalue weighted by molar-refractivity contribution is -0.115. The highest BCUT2D eigenvalue weighted by Gasteiger charge is 2.18. The lowest BCUT2D eigenvalue weighted by Gasteiger charge is -2.11. The summed E-state index contributed by atoms with van der Waals surface area (Å²) in [6.45, 7) is 7.23. The molecular weight excluding hydrogens is 328 g/mol. The number of furan rings is 1. The summed E-state index contributed by atoms with van der Waals surface area (Å²) in [6, 6.07) is 6.54. The van der Waals surface area contributed by atoms with E-state index in [1.165, 1.54) is 6.07 Å². The number of benzene rings is 1. The van der Waals surface area contributed by atoms with Crippen LogP contribution in [0.2, 0.25) is 0 Å². The van der Waals surface area contributed by atoms with Crippen LogP contribution in [0.15, 0.2) is 33.6 Å². The minimum atomic E-state index is -3.65. The van der Waals surface area contributed by atoms with Crippen LogP contribution >= 0.6 is 0 Å². The van der Waals surface area contributed by atoms with Crippen molar-refractivity contribution >= 4 is 21.6 Å². The Balaban J connectivity index is 2.16. The van der Waals surface area contributed by atoms with E-state index in [1.807, 2.05) is 13.0 Å². The molecule has 0 bridgehead atoms. The molecule has 130 valence electrons. The molecule has 0 fully saturated rings. The second-order valence-electron chi connectivity index (χ2n) is 5.65. The highest BCUT2D eigenvalue weighted by molar-refractivity contribution is 7.89. The van der Waals surface area contributed by atoms with Crippen molar-refractivity contribution in [2.24, 2.45) is 0 Å². The van der Waals surface area contributed by atoms with Gasteiger partial charge in [0, 0.05) is 24.2 Å². The fourth-order valence-electron chi connectivity index (χ4n) is 2.39. The first-order chi connectivity index (χ1) is 11.2. The van der Waals surface area contributed by atoms with Crippen molar-refractivity contribution in [3.05, 3.63) is 46.9 Å². The van der Waals surface area contributed by atoms with Gasteiger partial charge < -0.3 is 9.73 Å². The number of hydrogen-bond acceptors (Lipinski definition) is 4. The maximum Gasteiger partial charge on any atom is 0.241 e. The Kier molecular flexibility index (Phi) is 5.46. The molecule has 24 heavy (non-hydrogen) atoms. The van der Waals surface area contributed by atoms with E-state index in [4.69, 9.17) is 4.42 Å². The predicted octanol–water partition coefficient (Wildman–Crippen LogP) is 3.03. The molecule has 0 spiro atoms. The summed E-state index contributed by atoms with van der Waals surface area (Å²) in [5.74, 6) is 1.33. The average Bonchev–Trinajstić information content (AvgIpc) is 2.83. The van der Waals surface area contributed by atoms with Gasteiger partial charge in [0.25, 0.3) is 0 Å². The maximum atomic E-state index is 12.5. The van der Waals surface area contributed by atoms with E-state index in [9.17, 15) is 13.2 Å². The number of carbonyl (C=O) groups excluding carboxylic acids is 1. The monoisotopic (exact) mass is 350 g/mol. The number of anilines is 1. The molecule has 2 rings (SSSR count). The quantitative estimate of drug-likeness (QED) is 0.838. The van der Waals surface area contributed by atoms with Gasteiger partial charge in [-0.15, -0.1) is 0 Å². The zero-order valence-electron chi connectivity index (χ0n) is 14.3. The van der Waals surface area contributed by atoms with E-state index in [1.54, 1.807) is 32.9 Å². The molecule has 0 aliphatic heterocycles. The summed E-state index contributed by atoms with van der Waals surface area (Å²) >= 11 is 0. The number of amides is 1. The zero-order chi connectivity index (χ0) is 17.9. The van der Waals surface area contributed by atoms with Gasteiger partial charge in [0.1, 0.15) is 11.5 Å². The number of carbonyl (C=O) groups is 1. The van der Waals surface area contributed by atoms with Gasteiger partial charge in [-0.3, -0.25) is 4.79 Å². The molecule has 0 radical (unpaired) electrons. The third-order valence-corrected chi connectivity index (χ3v) is 5.23. The molecule has 1 amide bonds. The Morgan fingerprint density at radius 2 is 1.88 bits per heavy atom. The standard InChI is InChI=1S/C17H22N2O4S/c1-5-17(20)19-15-6-7-16(11(2)8-15)24(21,22)18-10-14-9-12(3)23-13(14)4/h6-9,18H,5,10H2,1-4H3,(H,19,20). The van der Waals surface area contributed by atoms with Crippen molar-refractivity contribution in [3.63, 3.8) is 0 Å². The molecule has 0 unspecified atom stereocenters. The van der Waals surface area contributed by atoms with Gasteiger partial charge in [0.15, 0.2) is 0 Å². The van der Waals surface area contributed by atoms with E-state index < -0.39 is 10.0 Å². The molecule has 0 aliphatic carbocycles. The van der Waals surface area contributed by atoms with Gasteiger partial charge in [-0.1, -0.05) is 6.92 Å². The molecule has 0 aliphatic rings. The van der Waals surface area contributed by atoms with Crippen molar-refractivity contribution in [1.82, 2.24) is 4.72 Å².